The molecule has 11 heteroatoms. The van der Waals surface area contributed by atoms with Gasteiger partial charge in [0, 0.05) is 69.3 Å². The van der Waals surface area contributed by atoms with Crippen LogP contribution in [0.5, 0.6) is 0 Å². The van der Waals surface area contributed by atoms with Gasteiger partial charge in [-0.2, -0.15) is 0 Å². The number of amides is 4. The van der Waals surface area contributed by atoms with E-state index in [-0.39, 0.29) is 43.3 Å². The molecule has 3 aromatic rings. The predicted molar refractivity (Wildman–Crippen MR) is 153 cm³/mol. The summed E-state index contributed by atoms with van der Waals surface area (Å²) in [4.78, 5) is 49.7. The first-order valence-corrected chi connectivity index (χ1v) is 12.8. The van der Waals surface area contributed by atoms with Crippen LogP contribution < -0.4 is 5.32 Å². The Balaban J connectivity index is 0.00000353. The van der Waals surface area contributed by atoms with Crippen molar-refractivity contribution in [2.75, 3.05) is 52.1 Å². The standard InChI is InChI=1S/C28H33N7O3.ClH/c1-31-10-12-34(13-11-31)26(37)19-35-17-22-14-20(16-29-27(22)30-28(35)38)8-9-25(36)32(2)18-23-15-21-6-4-5-7-24(21)33(23)3;/h4-9,14-16H,10-13,17-19H2,1-3H3,(H,29,30,38);1H. The number of urea groups is 1. The summed E-state index contributed by atoms with van der Waals surface area (Å²) in [5.74, 6) is 0.302. The van der Waals surface area contributed by atoms with E-state index in [0.717, 1.165) is 40.8 Å². The third-order valence-electron chi connectivity index (χ3n) is 7.29. The third-order valence-corrected chi connectivity index (χ3v) is 7.29. The zero-order valence-corrected chi connectivity index (χ0v) is 23.3. The lowest BCUT2D eigenvalue weighted by atomic mass is 10.1. The van der Waals surface area contributed by atoms with Crippen LogP contribution in [0.3, 0.4) is 0 Å². The van der Waals surface area contributed by atoms with Gasteiger partial charge in [0.05, 0.1) is 13.1 Å². The average Bonchev–Trinajstić information content (AvgIpc) is 3.23. The van der Waals surface area contributed by atoms with Crippen molar-refractivity contribution in [3.8, 4) is 0 Å². The Labute approximate surface area is 234 Å². The van der Waals surface area contributed by atoms with E-state index in [1.54, 1.807) is 29.1 Å². The second kappa shape index (κ2) is 11.9. The van der Waals surface area contributed by atoms with Crippen molar-refractivity contribution in [3.05, 3.63) is 65.5 Å². The van der Waals surface area contributed by atoms with E-state index in [0.29, 0.717) is 25.5 Å². The van der Waals surface area contributed by atoms with Gasteiger partial charge in [-0.05, 0) is 42.3 Å². The first kappa shape index (κ1) is 28.1. The molecule has 5 rings (SSSR count). The monoisotopic (exact) mass is 551 g/mol. The van der Waals surface area contributed by atoms with Gasteiger partial charge in [0.25, 0.3) is 0 Å². The van der Waals surface area contributed by atoms with Gasteiger partial charge in [-0.25, -0.2) is 9.78 Å². The highest BCUT2D eigenvalue weighted by molar-refractivity contribution is 5.94. The number of pyridine rings is 1. The van der Waals surface area contributed by atoms with E-state index in [4.69, 9.17) is 0 Å². The number of likely N-dealkylation sites (N-methyl/N-ethyl adjacent to an activating group) is 2. The minimum Gasteiger partial charge on any atom is -0.346 e. The number of piperazine rings is 1. The van der Waals surface area contributed by atoms with Crippen molar-refractivity contribution in [2.24, 2.45) is 7.05 Å². The van der Waals surface area contributed by atoms with Crippen LogP contribution in [0.1, 0.15) is 16.8 Å². The first-order valence-electron chi connectivity index (χ1n) is 12.8. The Bertz CT molecular complexity index is 1410. The van der Waals surface area contributed by atoms with E-state index in [9.17, 15) is 14.4 Å². The number of fused-ring (bicyclic) bond motifs is 2. The fourth-order valence-corrected chi connectivity index (χ4v) is 4.87. The Morgan fingerprint density at radius 1 is 1.10 bits per heavy atom. The molecule has 0 radical (unpaired) electrons. The number of aromatic nitrogens is 2. The molecule has 39 heavy (non-hydrogen) atoms. The number of aryl methyl sites for hydroxylation is 1. The molecule has 206 valence electrons. The molecule has 2 aliphatic rings. The maximum atomic E-state index is 12.8. The van der Waals surface area contributed by atoms with Gasteiger partial charge in [0.2, 0.25) is 11.8 Å². The molecule has 2 aliphatic heterocycles. The summed E-state index contributed by atoms with van der Waals surface area (Å²) in [6.07, 6.45) is 4.88. The largest absolute Gasteiger partial charge is 0.346 e. The van der Waals surface area contributed by atoms with Gasteiger partial charge in [0.15, 0.2) is 0 Å². The van der Waals surface area contributed by atoms with E-state index in [2.05, 4.69) is 38.0 Å². The van der Waals surface area contributed by atoms with E-state index in [1.165, 1.54) is 11.0 Å². The topological polar surface area (TPSA) is 94.0 Å². The zero-order valence-electron chi connectivity index (χ0n) is 22.5. The lowest BCUT2D eigenvalue weighted by Gasteiger charge is -2.35. The number of benzene rings is 1. The number of nitrogens with one attached hydrogen (secondary N) is 1. The van der Waals surface area contributed by atoms with Crippen molar-refractivity contribution in [1.82, 2.24) is 29.2 Å². The third kappa shape index (κ3) is 6.23. The number of hydrogen-bond donors (Lipinski definition) is 1. The molecule has 1 saturated heterocycles. The Morgan fingerprint density at radius 2 is 1.85 bits per heavy atom. The highest BCUT2D eigenvalue weighted by Crippen LogP contribution is 2.23. The molecule has 0 unspecified atom stereocenters. The fourth-order valence-electron chi connectivity index (χ4n) is 4.87. The molecular weight excluding hydrogens is 518 g/mol. The van der Waals surface area contributed by atoms with Gasteiger partial charge in [-0.3, -0.25) is 14.9 Å². The van der Waals surface area contributed by atoms with E-state index >= 15 is 0 Å². The zero-order chi connectivity index (χ0) is 26.8. The van der Waals surface area contributed by atoms with Crippen LogP contribution in [0, 0.1) is 0 Å². The molecule has 4 heterocycles. The molecule has 4 amide bonds. The normalized spacial score (nSPS) is 15.7. The molecule has 1 aromatic carbocycles. The number of para-hydroxylation sites is 1. The summed E-state index contributed by atoms with van der Waals surface area (Å²) in [6, 6.07) is 11.8. The molecule has 2 aromatic heterocycles. The highest BCUT2D eigenvalue weighted by Gasteiger charge is 2.28. The smallest absolute Gasteiger partial charge is 0.323 e. The van der Waals surface area contributed by atoms with Crippen molar-refractivity contribution in [1.29, 1.82) is 0 Å². The number of halogens is 1. The van der Waals surface area contributed by atoms with Crippen molar-refractivity contribution in [2.45, 2.75) is 13.1 Å². The summed E-state index contributed by atoms with van der Waals surface area (Å²) in [7, 11) is 5.82. The van der Waals surface area contributed by atoms with Crippen LogP contribution in [0.4, 0.5) is 10.6 Å². The second-order valence-corrected chi connectivity index (χ2v) is 10.0. The molecule has 1 N–H and O–H groups in total. The minimum atomic E-state index is -0.332. The number of carbonyl (C=O) groups is 3. The number of rotatable bonds is 6. The average molecular weight is 552 g/mol. The Morgan fingerprint density at radius 3 is 2.59 bits per heavy atom. The quantitative estimate of drug-likeness (QED) is 0.476. The lowest BCUT2D eigenvalue weighted by molar-refractivity contribution is -0.133. The van der Waals surface area contributed by atoms with Crippen LogP contribution in [0.15, 0.2) is 48.7 Å². The van der Waals surface area contributed by atoms with Crippen LogP contribution in [-0.4, -0.2) is 93.8 Å². The van der Waals surface area contributed by atoms with Gasteiger partial charge in [-0.1, -0.05) is 18.2 Å². The maximum Gasteiger partial charge on any atom is 0.323 e. The highest BCUT2D eigenvalue weighted by atomic mass is 35.5. The van der Waals surface area contributed by atoms with E-state index in [1.807, 2.05) is 32.3 Å². The van der Waals surface area contributed by atoms with Crippen molar-refractivity contribution < 1.29 is 14.4 Å². The number of carbonyl (C=O) groups excluding carboxylic acids is 3. The summed E-state index contributed by atoms with van der Waals surface area (Å²) in [6.45, 7) is 3.78. The molecule has 10 nitrogen and oxygen atoms in total. The molecule has 0 aliphatic carbocycles. The minimum absolute atomic E-state index is 0. The van der Waals surface area contributed by atoms with E-state index < -0.39 is 0 Å². The number of anilines is 1. The molecular formula is C28H34ClN7O3. The van der Waals surface area contributed by atoms with Gasteiger partial charge in [-0.15, -0.1) is 12.4 Å². The Hall–Kier alpha value is -3.89. The number of hydrogen-bond acceptors (Lipinski definition) is 5. The second-order valence-electron chi connectivity index (χ2n) is 10.0. The van der Waals surface area contributed by atoms with Crippen LogP contribution in [-0.2, 0) is 29.7 Å². The van der Waals surface area contributed by atoms with Crippen LogP contribution in [0.2, 0.25) is 0 Å². The summed E-state index contributed by atoms with van der Waals surface area (Å²) >= 11 is 0. The van der Waals surface area contributed by atoms with Crippen LogP contribution >= 0.6 is 12.4 Å². The molecule has 0 spiro atoms. The summed E-state index contributed by atoms with van der Waals surface area (Å²) in [5.41, 5.74) is 3.73. The molecule has 0 bridgehead atoms. The van der Waals surface area contributed by atoms with Gasteiger partial charge in [0.1, 0.15) is 12.4 Å². The Kier molecular flexibility index (Phi) is 8.57. The summed E-state index contributed by atoms with van der Waals surface area (Å²) < 4.78 is 2.10. The number of nitrogens with zero attached hydrogens (tertiary/aromatic N) is 6. The first-order chi connectivity index (χ1) is 18.3. The van der Waals surface area contributed by atoms with Crippen molar-refractivity contribution >= 4 is 53.0 Å². The molecule has 1 fully saturated rings. The lowest BCUT2D eigenvalue weighted by Crippen LogP contribution is -2.51. The summed E-state index contributed by atoms with van der Waals surface area (Å²) in [5, 5.41) is 3.92. The molecule has 0 saturated carbocycles. The van der Waals surface area contributed by atoms with Gasteiger partial charge < -0.3 is 24.2 Å². The fraction of sp³-hybridized carbons (Fsp3) is 0.357. The maximum absolute atomic E-state index is 12.8. The predicted octanol–water partition coefficient (Wildman–Crippen LogP) is 2.79. The molecule has 0 atom stereocenters. The van der Waals surface area contributed by atoms with Crippen LogP contribution in [0.25, 0.3) is 17.0 Å². The van der Waals surface area contributed by atoms with Gasteiger partial charge >= 0.3 is 6.03 Å². The van der Waals surface area contributed by atoms with Crippen molar-refractivity contribution in [3.63, 3.8) is 0 Å². The SMILES string of the molecule is CN1CCN(C(=O)CN2Cc3cc(C=CC(=O)N(C)Cc4cc5ccccc5n4C)cnc3NC2=O)CC1.Cl.